The highest BCUT2D eigenvalue weighted by Gasteiger charge is 2.32. The van der Waals surface area contributed by atoms with Gasteiger partial charge in [-0.3, -0.25) is 5.32 Å². The maximum absolute atomic E-state index is 13.5. The molecule has 1 aliphatic rings. The Bertz CT molecular complexity index is 692. The molecular weight excluding hydrogens is 300 g/mol. The lowest BCUT2D eigenvalue weighted by atomic mass is 10.0. The van der Waals surface area contributed by atoms with E-state index in [4.69, 9.17) is 4.74 Å². The van der Waals surface area contributed by atoms with Crippen molar-refractivity contribution >= 4 is 0 Å². The molecule has 3 rings (SSSR count). The number of aliphatic hydroxyl groups excluding tert-OH is 1. The van der Waals surface area contributed by atoms with Gasteiger partial charge >= 0.3 is 0 Å². The molecule has 0 heterocycles. The molecule has 0 amide bonds. The molecule has 0 aromatic heterocycles. The summed E-state index contributed by atoms with van der Waals surface area (Å²) in [6.45, 7) is 0.288. The molecule has 1 aliphatic carbocycles. The first-order valence-corrected chi connectivity index (χ1v) is 7.56. The van der Waals surface area contributed by atoms with Gasteiger partial charge in [-0.25, -0.2) is 8.78 Å². The van der Waals surface area contributed by atoms with Gasteiger partial charge in [0.15, 0.2) is 11.6 Å². The second-order valence-electron chi connectivity index (χ2n) is 5.80. The number of aliphatic hydroxyl groups is 1. The van der Waals surface area contributed by atoms with Crippen LogP contribution in [0.5, 0.6) is 0 Å². The van der Waals surface area contributed by atoms with Crippen molar-refractivity contribution in [3.05, 3.63) is 70.8 Å². The van der Waals surface area contributed by atoms with E-state index in [1.54, 1.807) is 7.11 Å². The van der Waals surface area contributed by atoms with Crippen molar-refractivity contribution < 1.29 is 18.6 Å². The average Bonchev–Trinajstić information content (AvgIpc) is 2.85. The van der Waals surface area contributed by atoms with Crippen LogP contribution in [0.4, 0.5) is 8.78 Å². The van der Waals surface area contributed by atoms with Crippen molar-refractivity contribution in [2.24, 2.45) is 0 Å². The Labute approximate surface area is 133 Å². The van der Waals surface area contributed by atoms with Gasteiger partial charge < -0.3 is 9.84 Å². The van der Waals surface area contributed by atoms with Gasteiger partial charge in [0.25, 0.3) is 0 Å². The first-order valence-electron chi connectivity index (χ1n) is 7.56. The number of hydrogen-bond donors (Lipinski definition) is 2. The van der Waals surface area contributed by atoms with Crippen LogP contribution in [0.3, 0.4) is 0 Å². The van der Waals surface area contributed by atoms with Crippen LogP contribution in [-0.4, -0.2) is 24.9 Å². The summed E-state index contributed by atoms with van der Waals surface area (Å²) in [5, 5.41) is 13.7. The van der Waals surface area contributed by atoms with Crippen molar-refractivity contribution in [2.75, 3.05) is 13.7 Å². The van der Waals surface area contributed by atoms with E-state index in [0.29, 0.717) is 12.0 Å². The monoisotopic (exact) mass is 319 g/mol. The minimum atomic E-state index is -0.891. The van der Waals surface area contributed by atoms with Crippen LogP contribution >= 0.6 is 0 Å². The fraction of sp³-hybridized carbons (Fsp3) is 0.333. The average molecular weight is 319 g/mol. The Morgan fingerprint density at radius 1 is 1.22 bits per heavy atom. The molecule has 2 aromatic rings. The van der Waals surface area contributed by atoms with Crippen molar-refractivity contribution in [1.29, 1.82) is 0 Å². The Hall–Kier alpha value is -1.82. The fourth-order valence-corrected chi connectivity index (χ4v) is 3.13. The number of fused-ring (bicyclic) bond motifs is 1. The molecule has 0 aliphatic heterocycles. The summed E-state index contributed by atoms with van der Waals surface area (Å²) in [7, 11) is 1.55. The van der Waals surface area contributed by atoms with E-state index in [-0.39, 0.29) is 18.7 Å². The standard InChI is InChI=1S/C18H19F2NO2/c1-23-10-16(12-6-7-14(19)15(20)8-12)21-18-13-5-3-2-4-11(13)9-17(18)22/h2-8,16-18,21-22H,9-10H2,1H3. The lowest BCUT2D eigenvalue weighted by Crippen LogP contribution is -2.34. The summed E-state index contributed by atoms with van der Waals surface area (Å²) in [4.78, 5) is 0. The summed E-state index contributed by atoms with van der Waals surface area (Å²) in [5.41, 5.74) is 2.71. The Morgan fingerprint density at radius 3 is 2.74 bits per heavy atom. The molecule has 2 N–H and O–H groups in total. The first-order chi connectivity index (χ1) is 11.1. The zero-order valence-corrected chi connectivity index (χ0v) is 12.8. The Balaban J connectivity index is 1.86. The van der Waals surface area contributed by atoms with E-state index in [1.807, 2.05) is 24.3 Å². The Kier molecular flexibility index (Phi) is 4.71. The van der Waals surface area contributed by atoms with Crippen LogP contribution in [0, 0.1) is 11.6 Å². The SMILES string of the molecule is COCC(NC1c2ccccc2CC1O)c1ccc(F)c(F)c1. The summed E-state index contributed by atoms with van der Waals surface area (Å²) < 4.78 is 31.9. The van der Waals surface area contributed by atoms with E-state index in [2.05, 4.69) is 5.32 Å². The maximum atomic E-state index is 13.5. The Morgan fingerprint density at radius 2 is 2.00 bits per heavy atom. The van der Waals surface area contributed by atoms with Gasteiger partial charge in [-0.1, -0.05) is 30.3 Å². The van der Waals surface area contributed by atoms with Gasteiger partial charge in [0.05, 0.1) is 24.8 Å². The van der Waals surface area contributed by atoms with Gasteiger partial charge in [0, 0.05) is 13.5 Å². The van der Waals surface area contributed by atoms with Crippen molar-refractivity contribution in [1.82, 2.24) is 5.32 Å². The number of methoxy groups -OCH3 is 1. The number of halogens is 2. The van der Waals surface area contributed by atoms with E-state index in [9.17, 15) is 13.9 Å². The zero-order valence-electron chi connectivity index (χ0n) is 12.8. The molecule has 0 saturated heterocycles. The van der Waals surface area contributed by atoms with Gasteiger partial charge in [-0.05, 0) is 28.8 Å². The minimum Gasteiger partial charge on any atom is -0.391 e. The van der Waals surface area contributed by atoms with Crippen molar-refractivity contribution in [2.45, 2.75) is 24.6 Å². The first kappa shape index (κ1) is 16.1. The summed E-state index contributed by atoms with van der Waals surface area (Å²) in [6.07, 6.45) is 0.0164. The lowest BCUT2D eigenvalue weighted by Gasteiger charge is -2.26. The number of ether oxygens (including phenoxy) is 1. The molecule has 0 saturated carbocycles. The third kappa shape index (κ3) is 3.27. The second-order valence-corrected chi connectivity index (χ2v) is 5.80. The zero-order chi connectivity index (χ0) is 16.4. The van der Waals surface area contributed by atoms with Crippen LogP contribution < -0.4 is 5.32 Å². The molecule has 0 spiro atoms. The smallest absolute Gasteiger partial charge is 0.159 e. The fourth-order valence-electron chi connectivity index (χ4n) is 3.13. The summed E-state index contributed by atoms with van der Waals surface area (Å²) in [5.74, 6) is -1.77. The molecule has 3 atom stereocenters. The maximum Gasteiger partial charge on any atom is 0.159 e. The van der Waals surface area contributed by atoms with E-state index >= 15 is 0 Å². The van der Waals surface area contributed by atoms with Crippen LogP contribution in [-0.2, 0) is 11.2 Å². The third-order valence-corrected chi connectivity index (χ3v) is 4.26. The molecule has 122 valence electrons. The normalized spacial score (nSPS) is 21.2. The second kappa shape index (κ2) is 6.74. The van der Waals surface area contributed by atoms with E-state index in [0.717, 1.165) is 17.2 Å². The highest BCUT2D eigenvalue weighted by atomic mass is 19.2. The molecule has 0 radical (unpaired) electrons. The van der Waals surface area contributed by atoms with Gasteiger partial charge in [-0.2, -0.15) is 0 Å². The highest BCUT2D eigenvalue weighted by Crippen LogP contribution is 2.33. The summed E-state index contributed by atoms with van der Waals surface area (Å²) >= 11 is 0. The van der Waals surface area contributed by atoms with Crippen molar-refractivity contribution in [3.63, 3.8) is 0 Å². The molecule has 2 aromatic carbocycles. The van der Waals surface area contributed by atoms with Crippen LogP contribution in [0.15, 0.2) is 42.5 Å². The summed E-state index contributed by atoms with van der Waals surface area (Å²) in [6, 6.07) is 11.0. The molecule has 3 unspecified atom stereocenters. The van der Waals surface area contributed by atoms with E-state index < -0.39 is 17.7 Å². The predicted octanol–water partition coefficient (Wildman–Crippen LogP) is 2.90. The predicted molar refractivity (Wildman–Crippen MR) is 83.0 cm³/mol. The molecule has 3 nitrogen and oxygen atoms in total. The van der Waals surface area contributed by atoms with Gasteiger partial charge in [-0.15, -0.1) is 0 Å². The molecule has 0 fully saturated rings. The van der Waals surface area contributed by atoms with Crippen LogP contribution in [0.2, 0.25) is 0 Å². The molecular formula is C18H19F2NO2. The van der Waals surface area contributed by atoms with Gasteiger partial charge in [0.1, 0.15) is 0 Å². The lowest BCUT2D eigenvalue weighted by molar-refractivity contribution is 0.112. The van der Waals surface area contributed by atoms with Crippen molar-refractivity contribution in [3.8, 4) is 0 Å². The van der Waals surface area contributed by atoms with E-state index in [1.165, 1.54) is 12.1 Å². The molecule has 23 heavy (non-hydrogen) atoms. The van der Waals surface area contributed by atoms with Crippen LogP contribution in [0.1, 0.15) is 28.8 Å². The highest BCUT2D eigenvalue weighted by molar-refractivity contribution is 5.37. The molecule has 0 bridgehead atoms. The number of nitrogens with one attached hydrogen (secondary N) is 1. The number of hydrogen-bond acceptors (Lipinski definition) is 3. The third-order valence-electron chi connectivity index (χ3n) is 4.26. The molecule has 5 heteroatoms. The number of benzene rings is 2. The minimum absolute atomic E-state index is 0.264. The quantitative estimate of drug-likeness (QED) is 0.890. The topological polar surface area (TPSA) is 41.5 Å². The largest absolute Gasteiger partial charge is 0.391 e. The van der Waals surface area contributed by atoms with Crippen LogP contribution in [0.25, 0.3) is 0 Å². The number of rotatable bonds is 5. The van der Waals surface area contributed by atoms with Gasteiger partial charge in [0.2, 0.25) is 0 Å².